The molecular formula is C17H29FIN3O2. The van der Waals surface area contributed by atoms with Crippen LogP contribution < -0.4 is 10.6 Å². The largest absolute Gasteiger partial charge is 0.505 e. The van der Waals surface area contributed by atoms with E-state index in [1.807, 2.05) is 6.92 Å². The minimum absolute atomic E-state index is 0. The molecule has 0 bridgehead atoms. The van der Waals surface area contributed by atoms with Gasteiger partial charge in [-0.15, -0.1) is 24.0 Å². The van der Waals surface area contributed by atoms with Crippen LogP contribution in [0.1, 0.15) is 32.8 Å². The van der Waals surface area contributed by atoms with Gasteiger partial charge in [0.2, 0.25) is 0 Å². The van der Waals surface area contributed by atoms with Gasteiger partial charge in [0.15, 0.2) is 17.5 Å². The molecule has 0 spiro atoms. The number of nitrogens with one attached hydrogen (secondary N) is 2. The lowest BCUT2D eigenvalue weighted by Gasteiger charge is -2.21. The van der Waals surface area contributed by atoms with E-state index in [9.17, 15) is 9.50 Å². The fraction of sp³-hybridized carbons (Fsp3) is 0.588. The molecule has 0 saturated heterocycles. The number of ether oxygens (including phenoxy) is 1. The molecule has 24 heavy (non-hydrogen) atoms. The normalized spacial score (nSPS) is 12.7. The topological polar surface area (TPSA) is 65.9 Å². The van der Waals surface area contributed by atoms with Crippen LogP contribution in [0.3, 0.4) is 0 Å². The Morgan fingerprint density at radius 3 is 2.58 bits per heavy atom. The molecule has 138 valence electrons. The summed E-state index contributed by atoms with van der Waals surface area (Å²) in [6.07, 6.45) is 1.11. The van der Waals surface area contributed by atoms with Gasteiger partial charge in [-0.3, -0.25) is 4.99 Å². The zero-order valence-corrected chi connectivity index (χ0v) is 17.1. The lowest BCUT2D eigenvalue weighted by Crippen LogP contribution is -2.38. The predicted molar refractivity (Wildman–Crippen MR) is 107 cm³/mol. The van der Waals surface area contributed by atoms with Gasteiger partial charge in [0.25, 0.3) is 0 Å². The molecule has 1 rings (SSSR count). The number of guanidine groups is 1. The van der Waals surface area contributed by atoms with Crippen LogP contribution in [0.2, 0.25) is 0 Å². The van der Waals surface area contributed by atoms with Gasteiger partial charge in [-0.1, -0.05) is 19.9 Å². The van der Waals surface area contributed by atoms with Gasteiger partial charge >= 0.3 is 0 Å². The number of halogens is 2. The third kappa shape index (κ3) is 8.14. The summed E-state index contributed by atoms with van der Waals surface area (Å²) in [6, 6.07) is 4.32. The highest BCUT2D eigenvalue weighted by atomic mass is 127. The number of hydrogen-bond acceptors (Lipinski definition) is 3. The molecule has 1 aromatic carbocycles. The minimum atomic E-state index is -0.622. The van der Waals surface area contributed by atoms with Gasteiger partial charge < -0.3 is 20.5 Å². The van der Waals surface area contributed by atoms with Crippen LogP contribution in [0.15, 0.2) is 23.2 Å². The number of nitrogens with zero attached hydrogens (tertiary/aromatic N) is 1. The average molecular weight is 453 g/mol. The number of phenolic OH excluding ortho intramolecular Hbond substituents is 1. The van der Waals surface area contributed by atoms with Crippen molar-refractivity contribution in [2.75, 3.05) is 20.2 Å². The highest BCUT2D eigenvalue weighted by Crippen LogP contribution is 2.15. The minimum Gasteiger partial charge on any atom is -0.505 e. The van der Waals surface area contributed by atoms with E-state index in [1.165, 1.54) is 12.1 Å². The zero-order chi connectivity index (χ0) is 17.2. The van der Waals surface area contributed by atoms with Crippen molar-refractivity contribution in [1.29, 1.82) is 0 Å². The average Bonchev–Trinajstić information content (AvgIpc) is 2.52. The molecule has 7 heteroatoms. The molecule has 1 atom stereocenters. The maximum atomic E-state index is 13.3. The molecular weight excluding hydrogens is 424 g/mol. The summed E-state index contributed by atoms with van der Waals surface area (Å²) in [5, 5.41) is 15.5. The molecule has 0 saturated carbocycles. The molecule has 0 amide bonds. The monoisotopic (exact) mass is 453 g/mol. The Morgan fingerprint density at radius 2 is 2.04 bits per heavy atom. The fourth-order valence-electron chi connectivity index (χ4n) is 2.22. The van der Waals surface area contributed by atoms with Gasteiger partial charge in [-0.2, -0.15) is 0 Å². The first-order valence-corrected chi connectivity index (χ1v) is 8.01. The number of rotatable bonds is 8. The fourth-order valence-corrected chi connectivity index (χ4v) is 2.22. The van der Waals surface area contributed by atoms with Crippen molar-refractivity contribution in [1.82, 2.24) is 10.6 Å². The highest BCUT2D eigenvalue weighted by molar-refractivity contribution is 14.0. The number of phenols is 1. The second-order valence-corrected chi connectivity index (χ2v) is 5.66. The van der Waals surface area contributed by atoms with Crippen LogP contribution in [0.5, 0.6) is 5.75 Å². The maximum Gasteiger partial charge on any atom is 0.191 e. The van der Waals surface area contributed by atoms with Crippen LogP contribution in [0.4, 0.5) is 4.39 Å². The van der Waals surface area contributed by atoms with Crippen molar-refractivity contribution in [2.45, 2.75) is 39.8 Å². The summed E-state index contributed by atoms with van der Waals surface area (Å²) in [4.78, 5) is 4.14. The molecule has 1 aromatic rings. The first kappa shape index (κ1) is 22.9. The van der Waals surface area contributed by atoms with Crippen molar-refractivity contribution >= 4 is 29.9 Å². The second-order valence-electron chi connectivity index (χ2n) is 5.66. The summed E-state index contributed by atoms with van der Waals surface area (Å²) in [5.41, 5.74) is 0.734. The number of benzene rings is 1. The highest BCUT2D eigenvalue weighted by Gasteiger charge is 2.13. The molecule has 0 aliphatic rings. The SMILES string of the molecule is CCOC(CCNC(=NC)NCc1ccc(O)c(F)c1)C(C)C.I. The van der Waals surface area contributed by atoms with Crippen LogP contribution in [0, 0.1) is 11.7 Å². The quantitative estimate of drug-likeness (QED) is 0.321. The van der Waals surface area contributed by atoms with Crippen molar-refractivity contribution < 1.29 is 14.2 Å². The number of hydrogen-bond donors (Lipinski definition) is 3. The lowest BCUT2D eigenvalue weighted by atomic mass is 10.0. The Kier molecular flexibility index (Phi) is 11.7. The number of aliphatic imine (C=N–C) groups is 1. The van der Waals surface area contributed by atoms with E-state index >= 15 is 0 Å². The van der Waals surface area contributed by atoms with Crippen LogP contribution in [-0.2, 0) is 11.3 Å². The van der Waals surface area contributed by atoms with Gasteiger partial charge in [0.1, 0.15) is 0 Å². The number of aromatic hydroxyl groups is 1. The van der Waals surface area contributed by atoms with Gasteiger partial charge in [0.05, 0.1) is 6.10 Å². The third-order valence-corrected chi connectivity index (χ3v) is 3.54. The second kappa shape index (κ2) is 12.3. The molecule has 0 aliphatic heterocycles. The van der Waals surface area contributed by atoms with Gasteiger partial charge in [-0.05, 0) is 37.0 Å². The van der Waals surface area contributed by atoms with Crippen LogP contribution in [-0.4, -0.2) is 37.4 Å². The summed E-state index contributed by atoms with van der Waals surface area (Å²) in [7, 11) is 1.69. The van der Waals surface area contributed by atoms with E-state index in [1.54, 1.807) is 13.1 Å². The smallest absolute Gasteiger partial charge is 0.191 e. The van der Waals surface area contributed by atoms with Gasteiger partial charge in [-0.25, -0.2) is 4.39 Å². The molecule has 3 N–H and O–H groups in total. The van der Waals surface area contributed by atoms with Crippen molar-refractivity contribution in [3.63, 3.8) is 0 Å². The van der Waals surface area contributed by atoms with Gasteiger partial charge in [0, 0.05) is 26.7 Å². The van der Waals surface area contributed by atoms with E-state index in [4.69, 9.17) is 4.74 Å². The first-order chi connectivity index (χ1) is 11.0. The van der Waals surface area contributed by atoms with Crippen molar-refractivity contribution in [3.05, 3.63) is 29.6 Å². The Hall–Kier alpha value is -1.09. The van der Waals surface area contributed by atoms with Crippen molar-refractivity contribution in [2.24, 2.45) is 10.9 Å². The van der Waals surface area contributed by atoms with E-state index in [-0.39, 0.29) is 35.8 Å². The summed E-state index contributed by atoms with van der Waals surface area (Å²) < 4.78 is 19.0. The summed E-state index contributed by atoms with van der Waals surface area (Å²) in [6.45, 7) is 8.17. The molecule has 0 radical (unpaired) electrons. The van der Waals surface area contributed by atoms with Crippen LogP contribution in [0.25, 0.3) is 0 Å². The Labute approximate surface area is 161 Å². The first-order valence-electron chi connectivity index (χ1n) is 8.01. The third-order valence-electron chi connectivity index (χ3n) is 3.54. The van der Waals surface area contributed by atoms with Crippen molar-refractivity contribution in [3.8, 4) is 5.75 Å². The Bertz CT molecular complexity index is 513. The molecule has 0 aliphatic carbocycles. The molecule has 5 nitrogen and oxygen atoms in total. The van der Waals surface area contributed by atoms with E-state index in [2.05, 4.69) is 29.5 Å². The summed E-state index contributed by atoms with van der Waals surface area (Å²) in [5.74, 6) is 0.153. The van der Waals surface area contributed by atoms with E-state index < -0.39 is 5.82 Å². The van der Waals surface area contributed by atoms with E-state index in [0.29, 0.717) is 25.0 Å². The molecule has 0 fully saturated rings. The molecule has 0 aromatic heterocycles. The van der Waals surface area contributed by atoms with E-state index in [0.717, 1.165) is 18.5 Å². The maximum absolute atomic E-state index is 13.3. The molecule has 0 heterocycles. The lowest BCUT2D eigenvalue weighted by molar-refractivity contribution is 0.0258. The Morgan fingerprint density at radius 1 is 1.33 bits per heavy atom. The standard InChI is InChI=1S/C17H28FN3O2.HI/c1-5-23-16(12(2)3)8-9-20-17(19-4)21-11-13-6-7-15(22)14(18)10-13;/h6-7,10,12,16,22H,5,8-9,11H2,1-4H3,(H2,19,20,21);1H. The van der Waals surface area contributed by atoms with Crippen LogP contribution >= 0.6 is 24.0 Å². The predicted octanol–water partition coefficient (Wildman–Crippen LogP) is 3.27. The Balaban J connectivity index is 0.00000529. The zero-order valence-electron chi connectivity index (χ0n) is 14.8. The summed E-state index contributed by atoms with van der Waals surface area (Å²) >= 11 is 0. The molecule has 1 unspecified atom stereocenters.